The van der Waals surface area contributed by atoms with Crippen LogP contribution in [0.15, 0.2) is 35.2 Å². The number of piperidine rings is 1. The Balaban J connectivity index is 1.61. The first-order chi connectivity index (χ1) is 16.6. The van der Waals surface area contributed by atoms with Gasteiger partial charge in [0.15, 0.2) is 0 Å². The van der Waals surface area contributed by atoms with E-state index in [-0.39, 0.29) is 22.1 Å². The van der Waals surface area contributed by atoms with Gasteiger partial charge in [0.2, 0.25) is 0 Å². The maximum atomic E-state index is 13.2. The molecule has 4 rings (SSSR count). The van der Waals surface area contributed by atoms with Gasteiger partial charge in [-0.3, -0.25) is 4.79 Å². The first-order valence-corrected chi connectivity index (χ1v) is 13.9. The second-order valence-corrected chi connectivity index (χ2v) is 13.0. The fraction of sp³-hybridized carbons (Fsp3) is 0.500. The Kier molecular flexibility index (Phi) is 7.77. The SMILES string of the molecule is CCNC(=O)C#Cc1ccc2c(c1)[C@@H](N[S@+]([O-])C(C)(C)C)C1(CCN(c3cnc(Br)cn3)CC1)C2. The van der Waals surface area contributed by atoms with Crippen LogP contribution < -0.4 is 14.9 Å². The summed E-state index contributed by atoms with van der Waals surface area (Å²) in [5.74, 6) is 6.26. The maximum absolute atomic E-state index is 13.2. The first-order valence-electron chi connectivity index (χ1n) is 11.9. The van der Waals surface area contributed by atoms with E-state index in [2.05, 4.69) is 64.8 Å². The molecular weight excluding hydrogens is 526 g/mol. The molecule has 1 aromatic heterocycles. The number of fused-ring (bicyclic) bond motifs is 1. The van der Waals surface area contributed by atoms with Gasteiger partial charge in [-0.15, -0.1) is 4.72 Å². The summed E-state index contributed by atoms with van der Waals surface area (Å²) >= 11 is 2.13. The Morgan fingerprint density at radius 3 is 2.66 bits per heavy atom. The molecule has 1 saturated heterocycles. The van der Waals surface area contributed by atoms with Gasteiger partial charge in [-0.25, -0.2) is 9.97 Å². The van der Waals surface area contributed by atoms with E-state index in [0.717, 1.165) is 53.9 Å². The van der Waals surface area contributed by atoms with Crippen LogP contribution in [0.1, 0.15) is 63.3 Å². The second kappa shape index (κ2) is 10.5. The Bertz CT molecular complexity index is 1130. The third-order valence-corrected chi connectivity index (χ3v) is 8.71. The van der Waals surface area contributed by atoms with E-state index in [1.54, 1.807) is 12.4 Å². The van der Waals surface area contributed by atoms with Gasteiger partial charge in [0.1, 0.15) is 15.2 Å². The Morgan fingerprint density at radius 1 is 1.29 bits per heavy atom. The number of hydrogen-bond donors (Lipinski definition) is 2. The monoisotopic (exact) mass is 557 g/mol. The highest BCUT2D eigenvalue weighted by atomic mass is 79.9. The molecule has 2 atom stereocenters. The zero-order chi connectivity index (χ0) is 25.2. The summed E-state index contributed by atoms with van der Waals surface area (Å²) in [4.78, 5) is 22.9. The predicted octanol–water partition coefficient (Wildman–Crippen LogP) is 3.66. The minimum Gasteiger partial charge on any atom is -0.598 e. The van der Waals surface area contributed by atoms with Gasteiger partial charge < -0.3 is 14.8 Å². The molecule has 1 spiro atoms. The van der Waals surface area contributed by atoms with Gasteiger partial charge in [0.05, 0.1) is 18.4 Å². The van der Waals surface area contributed by atoms with Gasteiger partial charge in [-0.2, -0.15) is 0 Å². The minimum absolute atomic E-state index is 0.0474. The average Bonchev–Trinajstić information content (AvgIpc) is 3.10. The average molecular weight is 559 g/mol. The third kappa shape index (κ3) is 5.83. The maximum Gasteiger partial charge on any atom is 0.296 e. The van der Waals surface area contributed by atoms with E-state index in [9.17, 15) is 9.35 Å². The molecule has 2 aliphatic rings. The van der Waals surface area contributed by atoms with E-state index >= 15 is 0 Å². The summed E-state index contributed by atoms with van der Waals surface area (Å²) < 4.78 is 17.1. The molecule has 1 amide bonds. The van der Waals surface area contributed by atoms with E-state index in [1.165, 1.54) is 5.56 Å². The molecule has 1 aliphatic carbocycles. The number of aromatic nitrogens is 2. The number of anilines is 1. The molecule has 2 heterocycles. The summed E-state index contributed by atoms with van der Waals surface area (Å²) in [6.45, 7) is 10.1. The largest absolute Gasteiger partial charge is 0.598 e. The first kappa shape index (κ1) is 26.0. The number of amides is 1. The lowest BCUT2D eigenvalue weighted by Gasteiger charge is -2.44. The fourth-order valence-corrected chi connectivity index (χ4v) is 5.98. The number of halogens is 1. The predicted molar refractivity (Wildman–Crippen MR) is 143 cm³/mol. The lowest BCUT2D eigenvalue weighted by Crippen LogP contribution is -2.49. The minimum atomic E-state index is -1.22. The number of nitrogens with one attached hydrogen (secondary N) is 2. The van der Waals surface area contributed by atoms with Crippen LogP contribution in [-0.2, 0) is 22.6 Å². The highest BCUT2D eigenvalue weighted by Crippen LogP contribution is 2.53. The van der Waals surface area contributed by atoms with Crippen molar-refractivity contribution in [2.75, 3.05) is 24.5 Å². The Labute approximate surface area is 219 Å². The van der Waals surface area contributed by atoms with E-state index in [1.807, 2.05) is 33.8 Å². The molecule has 186 valence electrons. The normalized spacial score (nSPS) is 19.6. The number of hydrogen-bond acceptors (Lipinski definition) is 6. The molecule has 0 saturated carbocycles. The highest BCUT2D eigenvalue weighted by Gasteiger charge is 2.50. The molecular formula is C26H32BrN5O2S. The molecule has 0 radical (unpaired) electrons. The molecule has 0 unspecified atom stereocenters. The number of carbonyl (C=O) groups is 1. The summed E-state index contributed by atoms with van der Waals surface area (Å²) in [5.41, 5.74) is 3.15. The molecule has 7 nitrogen and oxygen atoms in total. The van der Waals surface area contributed by atoms with E-state index < -0.39 is 11.4 Å². The van der Waals surface area contributed by atoms with Crippen molar-refractivity contribution in [3.63, 3.8) is 0 Å². The molecule has 2 N–H and O–H groups in total. The number of rotatable bonds is 4. The standard InChI is InChI=1S/C26H32BrN5O2S/c1-5-28-23(33)9-7-18-6-8-19-15-26(24(20(19)14-18)31-35(34)25(2,3)4)10-12-32(13-11-26)22-17-29-21(27)16-30-22/h6,8,14,16-17,24,31H,5,10-13,15H2,1-4H3,(H,28,33)/t24-,35-/m1/s1. The lowest BCUT2D eigenvalue weighted by molar-refractivity contribution is -0.115. The van der Waals surface area contributed by atoms with Crippen LogP contribution >= 0.6 is 15.9 Å². The van der Waals surface area contributed by atoms with Crippen LogP contribution in [-0.4, -0.2) is 44.8 Å². The van der Waals surface area contributed by atoms with Gasteiger partial charge in [-0.05, 0) is 86.1 Å². The van der Waals surface area contributed by atoms with Crippen molar-refractivity contribution in [1.29, 1.82) is 0 Å². The van der Waals surface area contributed by atoms with Crippen LogP contribution in [0.25, 0.3) is 0 Å². The van der Waals surface area contributed by atoms with Crippen LogP contribution in [0.4, 0.5) is 5.82 Å². The second-order valence-electron chi connectivity index (χ2n) is 10.2. The zero-order valence-corrected chi connectivity index (χ0v) is 23.1. The Hall–Kier alpha value is -2.12. The topological polar surface area (TPSA) is 93.2 Å². The van der Waals surface area contributed by atoms with Crippen molar-refractivity contribution < 1.29 is 9.35 Å². The van der Waals surface area contributed by atoms with E-state index in [4.69, 9.17) is 0 Å². The van der Waals surface area contributed by atoms with Gasteiger partial charge >= 0.3 is 0 Å². The smallest absolute Gasteiger partial charge is 0.296 e. The third-order valence-electron chi connectivity index (χ3n) is 6.74. The van der Waals surface area contributed by atoms with Crippen molar-refractivity contribution >= 4 is 39.0 Å². The number of nitrogens with zero attached hydrogens (tertiary/aromatic N) is 3. The van der Waals surface area contributed by atoms with E-state index in [0.29, 0.717) is 6.54 Å². The van der Waals surface area contributed by atoms with Gasteiger partial charge in [0, 0.05) is 47.9 Å². The van der Waals surface area contributed by atoms with Crippen LogP contribution in [0.5, 0.6) is 0 Å². The van der Waals surface area contributed by atoms with Crippen LogP contribution in [0, 0.1) is 17.3 Å². The molecule has 1 aliphatic heterocycles. The summed E-state index contributed by atoms with van der Waals surface area (Å²) in [7, 11) is 0. The number of benzene rings is 1. The molecule has 35 heavy (non-hydrogen) atoms. The van der Waals surface area contributed by atoms with Crippen molar-refractivity contribution in [1.82, 2.24) is 20.0 Å². The quantitative estimate of drug-likeness (QED) is 0.440. The van der Waals surface area contributed by atoms with Gasteiger partial charge in [0.25, 0.3) is 5.91 Å². The molecule has 1 aromatic carbocycles. The summed E-state index contributed by atoms with van der Waals surface area (Å²) in [5, 5.41) is 2.70. The molecule has 1 fully saturated rings. The number of carbonyl (C=O) groups excluding carboxylic acids is 1. The van der Waals surface area contributed by atoms with Crippen molar-refractivity contribution in [2.24, 2.45) is 5.41 Å². The van der Waals surface area contributed by atoms with Crippen LogP contribution in [0.3, 0.4) is 0 Å². The van der Waals surface area contributed by atoms with Crippen molar-refractivity contribution in [2.45, 2.75) is 57.7 Å². The van der Waals surface area contributed by atoms with Crippen molar-refractivity contribution in [3.8, 4) is 11.8 Å². The summed E-state index contributed by atoms with van der Waals surface area (Å²) in [6.07, 6.45) is 6.34. The molecule has 0 bridgehead atoms. The van der Waals surface area contributed by atoms with Crippen LogP contribution in [0.2, 0.25) is 0 Å². The molecule has 9 heteroatoms. The lowest BCUT2D eigenvalue weighted by atomic mass is 9.73. The highest BCUT2D eigenvalue weighted by molar-refractivity contribution is 9.10. The van der Waals surface area contributed by atoms with Gasteiger partial charge in [-0.1, -0.05) is 12.0 Å². The summed E-state index contributed by atoms with van der Waals surface area (Å²) in [6, 6.07) is 6.11. The van der Waals surface area contributed by atoms with Crippen molar-refractivity contribution in [3.05, 3.63) is 51.9 Å². The molecule has 2 aromatic rings. The Morgan fingerprint density at radius 2 is 2.03 bits per heavy atom. The zero-order valence-electron chi connectivity index (χ0n) is 20.7. The fourth-order valence-electron chi connectivity index (χ4n) is 4.83.